The molecule has 0 bridgehead atoms. The normalized spacial score (nSPS) is 19.1. The Bertz CT molecular complexity index is 1450. The second-order valence-electron chi connectivity index (χ2n) is 9.91. The number of halogens is 2. The molecular weight excluding hydrogens is 561 g/mol. The minimum atomic E-state index is -0.475. The van der Waals surface area contributed by atoms with Crippen molar-refractivity contribution in [3.05, 3.63) is 99.0 Å². The summed E-state index contributed by atoms with van der Waals surface area (Å²) in [5, 5.41) is 20.1. The molecule has 0 saturated carbocycles. The van der Waals surface area contributed by atoms with Crippen molar-refractivity contribution in [2.45, 2.75) is 19.0 Å². The van der Waals surface area contributed by atoms with Crippen LogP contribution in [0.5, 0.6) is 5.75 Å². The highest BCUT2D eigenvalue weighted by Crippen LogP contribution is 2.45. The van der Waals surface area contributed by atoms with Crippen molar-refractivity contribution >= 4 is 35.1 Å². The molecule has 5 rings (SSSR count). The summed E-state index contributed by atoms with van der Waals surface area (Å²) in [7, 11) is 0. The summed E-state index contributed by atoms with van der Waals surface area (Å²) in [6, 6.07) is 21.3. The predicted octanol–water partition coefficient (Wildman–Crippen LogP) is 5.54. The van der Waals surface area contributed by atoms with E-state index < -0.39 is 12.1 Å². The van der Waals surface area contributed by atoms with Gasteiger partial charge in [-0.2, -0.15) is 5.26 Å². The molecule has 1 saturated heterocycles. The highest BCUT2D eigenvalue weighted by atomic mass is 35.5. The maximum Gasteiger partial charge on any atom is 0.326 e. The number of nitriles is 1. The molecule has 41 heavy (non-hydrogen) atoms. The van der Waals surface area contributed by atoms with Crippen molar-refractivity contribution in [2.24, 2.45) is 4.99 Å². The summed E-state index contributed by atoms with van der Waals surface area (Å²) in [5.74, 6) is 0.961. The Morgan fingerprint density at radius 1 is 1.00 bits per heavy atom. The van der Waals surface area contributed by atoms with Gasteiger partial charge in [0, 0.05) is 42.8 Å². The van der Waals surface area contributed by atoms with Crippen LogP contribution in [0.15, 0.2) is 71.7 Å². The quantitative estimate of drug-likeness (QED) is 0.389. The van der Waals surface area contributed by atoms with E-state index in [0.717, 1.165) is 11.1 Å². The number of carbonyl (C=O) groups excluding carboxylic acids is 1. The minimum absolute atomic E-state index is 0.0805. The molecule has 1 fully saturated rings. The van der Waals surface area contributed by atoms with Crippen LogP contribution in [-0.2, 0) is 0 Å². The third-order valence-corrected chi connectivity index (χ3v) is 7.91. The molecule has 0 aromatic heterocycles. The second-order valence-corrected chi connectivity index (χ2v) is 10.8. The number of β-amino-alcohol motifs (C(OH)–C–C–N with tert-alkyl or cyclic N) is 1. The number of amidine groups is 1. The minimum Gasteiger partial charge on any atom is -0.493 e. The van der Waals surface area contributed by atoms with Gasteiger partial charge in [-0.25, -0.2) is 4.79 Å². The number of amides is 2. The second kappa shape index (κ2) is 12.9. The van der Waals surface area contributed by atoms with Gasteiger partial charge in [0.25, 0.3) is 0 Å². The molecule has 3 aromatic rings. The number of urea groups is 1. The first kappa shape index (κ1) is 28.9. The van der Waals surface area contributed by atoms with E-state index in [2.05, 4.69) is 11.0 Å². The van der Waals surface area contributed by atoms with Gasteiger partial charge in [-0.1, -0.05) is 47.5 Å². The number of ether oxygens (including phenoxy) is 1. The van der Waals surface area contributed by atoms with Crippen LogP contribution >= 0.6 is 23.2 Å². The Morgan fingerprint density at radius 3 is 2.22 bits per heavy atom. The highest BCUT2D eigenvalue weighted by Gasteiger charge is 2.45. The molecule has 2 aliphatic heterocycles. The number of nitrogens with zero attached hydrogens (tertiary/aromatic N) is 5. The first-order chi connectivity index (χ1) is 19.9. The predicted molar refractivity (Wildman–Crippen MR) is 160 cm³/mol. The van der Waals surface area contributed by atoms with Gasteiger partial charge in [-0.15, -0.1) is 0 Å². The number of aliphatic imine (C=N–C) groups is 1. The molecule has 3 aromatic carbocycles. The van der Waals surface area contributed by atoms with Gasteiger partial charge in [0.2, 0.25) is 0 Å². The number of piperazine rings is 1. The Balaban J connectivity index is 1.65. The standard InChI is InChI=1S/C31H31Cl2N5O3/c1-2-41-27-19-21(20-34)3-12-26(27)30-35-28(22-4-8-24(32)9-5-22)29(23-6-10-25(33)11-7-23)38(30)31(40)37-15-13-36(14-16-37)17-18-39/h3-12,19,28-29,39H,2,13-18H2,1H3/t28-,29+/m0/s1. The molecule has 2 heterocycles. The van der Waals surface area contributed by atoms with Gasteiger partial charge in [-0.3, -0.25) is 14.8 Å². The Hall–Kier alpha value is -3.61. The lowest BCUT2D eigenvalue weighted by Crippen LogP contribution is -2.54. The summed E-state index contributed by atoms with van der Waals surface area (Å²) >= 11 is 12.5. The number of carbonyl (C=O) groups is 1. The number of aliphatic hydroxyl groups is 1. The average Bonchev–Trinajstić information content (AvgIpc) is 3.38. The van der Waals surface area contributed by atoms with Crippen LogP contribution in [0.4, 0.5) is 4.79 Å². The Morgan fingerprint density at radius 2 is 1.63 bits per heavy atom. The van der Waals surface area contributed by atoms with Gasteiger partial charge < -0.3 is 14.7 Å². The van der Waals surface area contributed by atoms with Crippen molar-refractivity contribution in [1.29, 1.82) is 5.26 Å². The maximum atomic E-state index is 14.5. The van der Waals surface area contributed by atoms with Crippen LogP contribution in [-0.4, -0.2) is 77.6 Å². The summed E-state index contributed by atoms with van der Waals surface area (Å²) in [4.78, 5) is 25.4. The molecular formula is C31H31Cl2N5O3. The van der Waals surface area contributed by atoms with E-state index in [-0.39, 0.29) is 12.6 Å². The lowest BCUT2D eigenvalue weighted by molar-refractivity contribution is 0.108. The molecule has 2 atom stereocenters. The lowest BCUT2D eigenvalue weighted by Gasteiger charge is -2.39. The van der Waals surface area contributed by atoms with Gasteiger partial charge >= 0.3 is 6.03 Å². The van der Waals surface area contributed by atoms with E-state index in [1.54, 1.807) is 23.1 Å². The summed E-state index contributed by atoms with van der Waals surface area (Å²) in [6.07, 6.45) is 0. The fourth-order valence-corrected chi connectivity index (χ4v) is 5.61. The van der Waals surface area contributed by atoms with E-state index in [9.17, 15) is 15.2 Å². The van der Waals surface area contributed by atoms with Crippen LogP contribution in [0, 0.1) is 11.3 Å². The number of rotatable bonds is 7. The van der Waals surface area contributed by atoms with Crippen LogP contribution in [0.25, 0.3) is 0 Å². The molecule has 2 aliphatic rings. The summed E-state index contributed by atoms with van der Waals surface area (Å²) in [5.41, 5.74) is 2.87. The monoisotopic (exact) mass is 591 g/mol. The van der Waals surface area contributed by atoms with Gasteiger partial charge in [0.05, 0.1) is 36.5 Å². The van der Waals surface area contributed by atoms with E-state index in [4.69, 9.17) is 32.9 Å². The van der Waals surface area contributed by atoms with Crippen molar-refractivity contribution in [2.75, 3.05) is 45.9 Å². The molecule has 0 spiro atoms. The largest absolute Gasteiger partial charge is 0.493 e. The van der Waals surface area contributed by atoms with E-state index in [0.29, 0.717) is 72.1 Å². The number of aliphatic hydroxyl groups excluding tert-OH is 1. The maximum absolute atomic E-state index is 14.5. The molecule has 0 aliphatic carbocycles. The number of hydrogen-bond acceptors (Lipinski definition) is 6. The number of hydrogen-bond donors (Lipinski definition) is 1. The number of benzene rings is 3. The fourth-order valence-electron chi connectivity index (χ4n) is 5.36. The van der Waals surface area contributed by atoms with Crippen molar-refractivity contribution < 1.29 is 14.6 Å². The lowest BCUT2D eigenvalue weighted by atomic mass is 9.93. The zero-order valence-electron chi connectivity index (χ0n) is 22.7. The highest BCUT2D eigenvalue weighted by molar-refractivity contribution is 6.30. The van der Waals surface area contributed by atoms with Crippen molar-refractivity contribution in [3.63, 3.8) is 0 Å². The third kappa shape index (κ3) is 6.19. The molecule has 0 radical (unpaired) electrons. The molecule has 2 amide bonds. The first-order valence-corrected chi connectivity index (χ1v) is 14.4. The van der Waals surface area contributed by atoms with Crippen molar-refractivity contribution in [3.8, 4) is 11.8 Å². The molecule has 1 N–H and O–H groups in total. The smallest absolute Gasteiger partial charge is 0.326 e. The molecule has 8 nitrogen and oxygen atoms in total. The summed E-state index contributed by atoms with van der Waals surface area (Å²) < 4.78 is 5.97. The van der Waals surface area contributed by atoms with Crippen LogP contribution in [0.1, 0.15) is 41.3 Å². The first-order valence-electron chi connectivity index (χ1n) is 13.6. The molecule has 0 unspecified atom stereocenters. The van der Waals surface area contributed by atoms with Crippen LogP contribution in [0.2, 0.25) is 10.0 Å². The van der Waals surface area contributed by atoms with E-state index in [1.165, 1.54) is 0 Å². The average molecular weight is 593 g/mol. The SMILES string of the molecule is CCOc1cc(C#N)ccc1C1=N[C@@H](c2ccc(Cl)cc2)[C@@H](c2ccc(Cl)cc2)N1C(=O)N1CCN(CCO)CC1. The third-order valence-electron chi connectivity index (χ3n) is 7.41. The zero-order valence-corrected chi connectivity index (χ0v) is 24.2. The zero-order chi connectivity index (χ0) is 28.9. The van der Waals surface area contributed by atoms with E-state index >= 15 is 0 Å². The Kier molecular flexibility index (Phi) is 9.11. The van der Waals surface area contributed by atoms with Gasteiger partial charge in [-0.05, 0) is 60.5 Å². The van der Waals surface area contributed by atoms with Crippen LogP contribution in [0.3, 0.4) is 0 Å². The Labute approximate surface area is 250 Å². The summed E-state index contributed by atoms with van der Waals surface area (Å²) in [6.45, 7) is 5.29. The van der Waals surface area contributed by atoms with Crippen molar-refractivity contribution in [1.82, 2.24) is 14.7 Å². The van der Waals surface area contributed by atoms with Gasteiger partial charge in [0.15, 0.2) is 0 Å². The topological polar surface area (TPSA) is 92.4 Å². The fraction of sp³-hybridized carbons (Fsp3) is 0.323. The van der Waals surface area contributed by atoms with Crippen LogP contribution < -0.4 is 4.74 Å². The molecule has 212 valence electrons. The van der Waals surface area contributed by atoms with E-state index in [1.807, 2.05) is 60.4 Å². The molecule has 10 heteroatoms. The van der Waals surface area contributed by atoms with Gasteiger partial charge in [0.1, 0.15) is 17.6 Å².